The highest BCUT2D eigenvalue weighted by molar-refractivity contribution is 7.86. The first-order valence-electron chi connectivity index (χ1n) is 3.41. The lowest BCUT2D eigenvalue weighted by atomic mass is 10.2. The molecule has 8 heteroatoms. The van der Waals surface area contributed by atoms with E-state index in [0.717, 1.165) is 0 Å². The van der Waals surface area contributed by atoms with E-state index in [2.05, 4.69) is 0 Å². The molecule has 0 radical (unpaired) electrons. The minimum Gasteiger partial charge on any atom is -0.477 e. The van der Waals surface area contributed by atoms with Crippen molar-refractivity contribution in [3.05, 3.63) is 29.3 Å². The Morgan fingerprint density at radius 3 is 2.20 bits per heavy atom. The second-order valence-electron chi connectivity index (χ2n) is 2.48. The van der Waals surface area contributed by atoms with Crippen molar-refractivity contribution in [3.8, 4) is 0 Å². The number of carboxylic acid groups (broad SMARTS) is 1. The van der Waals surface area contributed by atoms with Gasteiger partial charge in [-0.2, -0.15) is 8.42 Å². The van der Waals surface area contributed by atoms with Crippen molar-refractivity contribution in [2.75, 3.05) is 0 Å². The Morgan fingerprint density at radius 1 is 1.27 bits per heavy atom. The lowest BCUT2D eigenvalue weighted by Crippen LogP contribution is -2.08. The van der Waals surface area contributed by atoms with E-state index in [9.17, 15) is 25.9 Å². The van der Waals surface area contributed by atoms with Crippen LogP contribution in [0.3, 0.4) is 0 Å². The van der Waals surface area contributed by atoms with Crippen LogP contribution in [-0.4, -0.2) is 19.5 Å². The summed E-state index contributed by atoms with van der Waals surface area (Å²) < 4.78 is 58.8. The highest BCUT2D eigenvalue weighted by Gasteiger charge is 2.26. The number of benzene rings is 1. The van der Waals surface area contributed by atoms with Crippen molar-refractivity contribution in [1.29, 1.82) is 0 Å². The number of carboxylic acids is 1. The second-order valence-corrected chi connectivity index (χ2v) is 3.79. The van der Waals surface area contributed by atoms with E-state index in [1.54, 1.807) is 0 Å². The molecule has 0 heterocycles. The van der Waals surface area contributed by atoms with E-state index in [1.165, 1.54) is 0 Å². The smallest absolute Gasteiger partial charge is 0.341 e. The molecule has 4 nitrogen and oxygen atoms in total. The molecule has 0 fully saturated rings. The van der Waals surface area contributed by atoms with E-state index in [1.807, 2.05) is 0 Å². The summed E-state index contributed by atoms with van der Waals surface area (Å²) in [5.41, 5.74) is -1.51. The number of rotatable bonds is 2. The van der Waals surface area contributed by atoms with Gasteiger partial charge in [-0.25, -0.2) is 13.6 Å². The molecule has 1 rings (SSSR count). The van der Waals surface area contributed by atoms with Gasteiger partial charge in [0.1, 0.15) is 16.3 Å². The highest BCUT2D eigenvalue weighted by Crippen LogP contribution is 2.22. The van der Waals surface area contributed by atoms with Crippen LogP contribution in [-0.2, 0) is 10.2 Å². The molecule has 82 valence electrons. The summed E-state index contributed by atoms with van der Waals surface area (Å²) in [6, 6.07) is 0.672. The SMILES string of the molecule is O=C(O)c1c(F)ccc(S(=O)(=O)F)c1F. The lowest BCUT2D eigenvalue weighted by molar-refractivity contribution is 0.0685. The van der Waals surface area contributed by atoms with E-state index >= 15 is 0 Å². The molecule has 15 heavy (non-hydrogen) atoms. The topological polar surface area (TPSA) is 71.4 Å². The molecule has 0 atom stereocenters. The van der Waals surface area contributed by atoms with E-state index < -0.39 is 38.3 Å². The molecule has 0 aromatic heterocycles. The van der Waals surface area contributed by atoms with Crippen LogP contribution in [0, 0.1) is 11.6 Å². The molecule has 1 aromatic carbocycles. The predicted octanol–water partition coefficient (Wildman–Crippen LogP) is 1.32. The molecule has 1 N–H and O–H groups in total. The third-order valence-corrected chi connectivity index (χ3v) is 2.37. The minimum atomic E-state index is -5.41. The van der Waals surface area contributed by atoms with Crippen molar-refractivity contribution < 1.29 is 31.0 Å². The summed E-state index contributed by atoms with van der Waals surface area (Å²) in [5.74, 6) is -5.45. The van der Waals surface area contributed by atoms with Gasteiger partial charge >= 0.3 is 16.2 Å². The summed E-state index contributed by atoms with van der Waals surface area (Å²) >= 11 is 0. The van der Waals surface area contributed by atoms with Gasteiger partial charge in [-0.05, 0) is 12.1 Å². The average Bonchev–Trinajstić information content (AvgIpc) is 2.00. The van der Waals surface area contributed by atoms with Crippen LogP contribution in [0.4, 0.5) is 12.7 Å². The Morgan fingerprint density at radius 2 is 1.80 bits per heavy atom. The van der Waals surface area contributed by atoms with Gasteiger partial charge in [-0.1, -0.05) is 0 Å². The first kappa shape index (κ1) is 11.5. The largest absolute Gasteiger partial charge is 0.477 e. The minimum absolute atomic E-state index is 0.312. The van der Waals surface area contributed by atoms with Crippen LogP contribution in [0.5, 0.6) is 0 Å². The average molecular weight is 240 g/mol. The van der Waals surface area contributed by atoms with Gasteiger partial charge in [0.2, 0.25) is 0 Å². The molecule has 0 unspecified atom stereocenters. The zero-order valence-electron chi connectivity index (χ0n) is 6.87. The van der Waals surface area contributed by atoms with Gasteiger partial charge in [0.25, 0.3) is 0 Å². The Balaban J connectivity index is 3.64. The Kier molecular flexibility index (Phi) is 2.71. The molecule has 0 aliphatic carbocycles. The third kappa shape index (κ3) is 2.09. The van der Waals surface area contributed by atoms with Gasteiger partial charge in [0, 0.05) is 0 Å². The molecule has 0 aliphatic heterocycles. The Bertz CT molecular complexity index is 523. The molecule has 0 spiro atoms. The summed E-state index contributed by atoms with van der Waals surface area (Å²) in [5, 5.41) is 8.34. The fourth-order valence-corrected chi connectivity index (χ4v) is 1.46. The van der Waals surface area contributed by atoms with Crippen LogP contribution in [0.1, 0.15) is 10.4 Å². The van der Waals surface area contributed by atoms with Gasteiger partial charge in [-0.3, -0.25) is 0 Å². The summed E-state index contributed by atoms with van der Waals surface area (Å²) in [4.78, 5) is 8.83. The molecule has 0 bridgehead atoms. The van der Waals surface area contributed by atoms with Gasteiger partial charge in [-0.15, -0.1) is 3.89 Å². The summed E-state index contributed by atoms with van der Waals surface area (Å²) in [6.07, 6.45) is 0. The predicted molar refractivity (Wildman–Crippen MR) is 41.6 cm³/mol. The van der Waals surface area contributed by atoms with Gasteiger partial charge in [0.05, 0.1) is 0 Å². The number of hydrogen-bond acceptors (Lipinski definition) is 3. The number of aromatic carboxylic acids is 1. The van der Waals surface area contributed by atoms with E-state index in [4.69, 9.17) is 5.11 Å². The molecule has 0 saturated heterocycles. The van der Waals surface area contributed by atoms with Crippen LogP contribution >= 0.6 is 0 Å². The lowest BCUT2D eigenvalue weighted by Gasteiger charge is -2.02. The number of carbonyl (C=O) groups is 1. The Labute approximate surface area is 82.2 Å². The fourth-order valence-electron chi connectivity index (χ4n) is 0.918. The van der Waals surface area contributed by atoms with Crippen LogP contribution in [0.2, 0.25) is 0 Å². The van der Waals surface area contributed by atoms with Crippen molar-refractivity contribution in [2.24, 2.45) is 0 Å². The molecule has 0 amide bonds. The van der Waals surface area contributed by atoms with E-state index in [0.29, 0.717) is 12.1 Å². The molecule has 0 saturated carbocycles. The maximum atomic E-state index is 13.0. The van der Waals surface area contributed by atoms with Crippen molar-refractivity contribution in [2.45, 2.75) is 4.90 Å². The first-order chi connectivity index (χ1) is 6.75. The molecule has 0 aliphatic rings. The Hall–Kier alpha value is -1.57. The van der Waals surface area contributed by atoms with Crippen LogP contribution in [0.25, 0.3) is 0 Å². The van der Waals surface area contributed by atoms with Crippen molar-refractivity contribution in [1.82, 2.24) is 0 Å². The maximum absolute atomic E-state index is 13.0. The second kappa shape index (κ2) is 3.54. The molecule has 1 aromatic rings. The summed E-state index contributed by atoms with van der Waals surface area (Å²) in [6.45, 7) is 0. The summed E-state index contributed by atoms with van der Waals surface area (Å²) in [7, 11) is -5.41. The van der Waals surface area contributed by atoms with Crippen LogP contribution < -0.4 is 0 Å². The van der Waals surface area contributed by atoms with Crippen LogP contribution in [0.15, 0.2) is 17.0 Å². The monoisotopic (exact) mass is 240 g/mol. The maximum Gasteiger partial charge on any atom is 0.341 e. The fraction of sp³-hybridized carbons (Fsp3) is 0. The molecular weight excluding hydrogens is 237 g/mol. The highest BCUT2D eigenvalue weighted by atomic mass is 32.3. The van der Waals surface area contributed by atoms with Gasteiger partial charge < -0.3 is 5.11 Å². The normalized spacial score (nSPS) is 11.4. The zero-order chi connectivity index (χ0) is 11.8. The zero-order valence-corrected chi connectivity index (χ0v) is 7.69. The van der Waals surface area contributed by atoms with Crippen molar-refractivity contribution in [3.63, 3.8) is 0 Å². The first-order valence-corrected chi connectivity index (χ1v) is 4.79. The number of halogens is 3. The standard InChI is InChI=1S/C7H3F3O4S/c8-3-1-2-4(15(10,13)14)6(9)5(3)7(11)12/h1-2H,(H,11,12). The third-order valence-electron chi connectivity index (χ3n) is 1.53. The molecular formula is C7H3F3O4S. The van der Waals surface area contributed by atoms with Gasteiger partial charge in [0.15, 0.2) is 5.82 Å². The number of hydrogen-bond donors (Lipinski definition) is 1. The van der Waals surface area contributed by atoms with E-state index in [-0.39, 0.29) is 0 Å². The van der Waals surface area contributed by atoms with Crippen molar-refractivity contribution >= 4 is 16.2 Å². The quantitative estimate of drug-likeness (QED) is 0.791.